The maximum Gasteiger partial charge on any atom is 0.541 e. The highest BCUT2D eigenvalue weighted by Gasteiger charge is 2.63. The van der Waals surface area contributed by atoms with Gasteiger partial charge in [0.05, 0.1) is 12.2 Å². The van der Waals surface area contributed by atoms with Gasteiger partial charge in [-0.15, -0.1) is 0 Å². The zero-order valence-corrected chi connectivity index (χ0v) is 22.9. The number of imide groups is 1. The fourth-order valence-electron chi connectivity index (χ4n) is 9.60. The number of nitrogens with zero attached hydrogens (tertiary/aromatic N) is 1. The number of rotatable bonds is 5. The Hall–Kier alpha value is -2.00. The van der Waals surface area contributed by atoms with Crippen LogP contribution in [-0.2, 0) is 24.0 Å². The minimum absolute atomic E-state index is 0.0135. The van der Waals surface area contributed by atoms with Gasteiger partial charge < -0.3 is 14.9 Å². The van der Waals surface area contributed by atoms with Crippen molar-refractivity contribution < 1.29 is 39.0 Å². The van der Waals surface area contributed by atoms with Crippen molar-refractivity contribution >= 4 is 23.9 Å². The summed E-state index contributed by atoms with van der Waals surface area (Å²) in [4.78, 5) is 52.0. The van der Waals surface area contributed by atoms with E-state index in [1.807, 2.05) is 0 Å². The van der Waals surface area contributed by atoms with Gasteiger partial charge in [-0.05, 0) is 104 Å². The van der Waals surface area contributed by atoms with Gasteiger partial charge in [-0.25, -0.2) is 4.79 Å². The number of hydroxylamine groups is 2. The summed E-state index contributed by atoms with van der Waals surface area (Å²) >= 11 is 0. The fourth-order valence-corrected chi connectivity index (χ4v) is 9.60. The van der Waals surface area contributed by atoms with E-state index in [-0.39, 0.29) is 48.0 Å². The summed E-state index contributed by atoms with van der Waals surface area (Å²) in [5.74, 6) is 0.475. The molecule has 1 heterocycles. The normalized spacial score (nSPS) is 43.2. The van der Waals surface area contributed by atoms with Gasteiger partial charge in [0.15, 0.2) is 0 Å². The number of hydrogen-bond acceptors (Lipinski definition) is 8. The second-order valence-electron chi connectivity index (χ2n) is 13.3. The summed E-state index contributed by atoms with van der Waals surface area (Å²) in [5, 5.41) is 22.3. The standard InChI is InChI=1S/C29H43NO8/c1-16(4-11-26(35)37-27(36)38-30-24(33)9-10-25(30)34)20-7-8-21-19-6-5-17-14-18(31)12-13-28(17,2)22(19)15-23(32)29(20,21)3/h16-23,31-32H,4-15H2,1-3H3/t16-,17-,18-,19+,20?,21+,22+,23+,28+,29-/m1/s1. The quantitative estimate of drug-likeness (QED) is 0.306. The van der Waals surface area contributed by atoms with E-state index in [0.29, 0.717) is 35.2 Å². The van der Waals surface area contributed by atoms with Crippen LogP contribution in [0.4, 0.5) is 4.79 Å². The second-order valence-corrected chi connectivity index (χ2v) is 13.3. The number of aliphatic hydroxyl groups is 2. The first-order valence-electron chi connectivity index (χ1n) is 14.6. The molecule has 5 aliphatic rings. The number of carbonyl (C=O) groups excluding carboxylic acids is 4. The molecule has 1 unspecified atom stereocenters. The Kier molecular flexibility index (Phi) is 7.39. The number of esters is 1. The van der Waals surface area contributed by atoms with Gasteiger partial charge in [-0.3, -0.25) is 19.2 Å². The monoisotopic (exact) mass is 533 g/mol. The van der Waals surface area contributed by atoms with Crippen LogP contribution < -0.4 is 0 Å². The maximum absolute atomic E-state index is 12.3. The number of fused-ring (bicyclic) bond motifs is 5. The van der Waals surface area contributed by atoms with Gasteiger partial charge in [0.1, 0.15) is 0 Å². The van der Waals surface area contributed by atoms with E-state index in [2.05, 4.69) is 25.6 Å². The summed E-state index contributed by atoms with van der Waals surface area (Å²) < 4.78 is 4.70. The number of aliphatic hydroxyl groups excluding tert-OH is 2. The SMILES string of the molecule is C[C@H](CCC(=O)OC(=O)ON1C(=O)CCC1=O)C1CC[C@H]2[C@@H]3CC[C@@H]4C[C@H](O)CC[C@]4(C)[C@H]3C[C@H](O)[C@]12C. The lowest BCUT2D eigenvalue weighted by Gasteiger charge is -2.62. The molecule has 1 aliphatic heterocycles. The highest BCUT2D eigenvalue weighted by Crippen LogP contribution is 2.68. The van der Waals surface area contributed by atoms with Gasteiger partial charge in [0.25, 0.3) is 11.8 Å². The predicted molar refractivity (Wildman–Crippen MR) is 135 cm³/mol. The van der Waals surface area contributed by atoms with Crippen LogP contribution >= 0.6 is 0 Å². The van der Waals surface area contributed by atoms with Crippen molar-refractivity contribution in [2.75, 3.05) is 0 Å². The summed E-state index contributed by atoms with van der Waals surface area (Å²) in [6.07, 6.45) is 6.55. The molecular weight excluding hydrogens is 490 g/mol. The highest BCUT2D eigenvalue weighted by atomic mass is 16.8. The first kappa shape index (κ1) is 27.6. The molecule has 4 aliphatic carbocycles. The van der Waals surface area contributed by atoms with E-state index in [1.165, 1.54) is 6.42 Å². The van der Waals surface area contributed by atoms with Crippen LogP contribution in [0.3, 0.4) is 0 Å². The van der Waals surface area contributed by atoms with Crippen LogP contribution in [0.15, 0.2) is 0 Å². The van der Waals surface area contributed by atoms with Crippen molar-refractivity contribution in [1.82, 2.24) is 5.06 Å². The molecule has 2 N–H and O–H groups in total. The molecule has 5 rings (SSSR count). The van der Waals surface area contributed by atoms with Crippen molar-refractivity contribution in [2.24, 2.45) is 46.3 Å². The van der Waals surface area contributed by atoms with Crippen LogP contribution in [0.2, 0.25) is 0 Å². The highest BCUT2D eigenvalue weighted by molar-refractivity contribution is 6.01. The van der Waals surface area contributed by atoms with Gasteiger partial charge in [0.2, 0.25) is 0 Å². The van der Waals surface area contributed by atoms with Crippen molar-refractivity contribution in [2.45, 2.75) is 110 Å². The van der Waals surface area contributed by atoms with E-state index in [0.717, 1.165) is 44.9 Å². The fraction of sp³-hybridized carbons (Fsp3) is 0.862. The van der Waals surface area contributed by atoms with Crippen LogP contribution in [0, 0.1) is 46.3 Å². The maximum atomic E-state index is 12.3. The molecule has 9 heteroatoms. The van der Waals surface area contributed by atoms with Crippen molar-refractivity contribution in [3.63, 3.8) is 0 Å². The van der Waals surface area contributed by atoms with Gasteiger partial charge >= 0.3 is 12.1 Å². The summed E-state index contributed by atoms with van der Waals surface area (Å²) in [6.45, 7) is 6.79. The Labute approximate surface area is 224 Å². The van der Waals surface area contributed by atoms with Crippen LogP contribution in [0.25, 0.3) is 0 Å². The Morgan fingerprint density at radius 3 is 2.42 bits per heavy atom. The second kappa shape index (κ2) is 10.2. The number of ether oxygens (including phenoxy) is 1. The first-order chi connectivity index (χ1) is 17.9. The van der Waals surface area contributed by atoms with Crippen molar-refractivity contribution in [1.29, 1.82) is 0 Å². The minimum atomic E-state index is -1.37. The third kappa shape index (κ3) is 4.57. The zero-order chi connectivity index (χ0) is 27.4. The smallest absolute Gasteiger partial charge is 0.393 e. The Bertz CT molecular complexity index is 968. The Morgan fingerprint density at radius 2 is 1.71 bits per heavy atom. The predicted octanol–water partition coefficient (Wildman–Crippen LogP) is 4.14. The molecule has 212 valence electrons. The van der Waals surface area contributed by atoms with E-state index < -0.39 is 30.0 Å². The minimum Gasteiger partial charge on any atom is -0.393 e. The van der Waals surface area contributed by atoms with E-state index in [4.69, 9.17) is 4.74 Å². The lowest BCUT2D eigenvalue weighted by atomic mass is 9.43. The van der Waals surface area contributed by atoms with E-state index >= 15 is 0 Å². The molecule has 10 atom stereocenters. The summed E-state index contributed by atoms with van der Waals surface area (Å²) in [6, 6.07) is 0. The lowest BCUT2D eigenvalue weighted by molar-refractivity contribution is -0.180. The molecule has 0 spiro atoms. The number of hydrogen-bond donors (Lipinski definition) is 2. The molecule has 0 aromatic rings. The number of amides is 2. The summed E-state index contributed by atoms with van der Waals surface area (Å²) in [5.41, 5.74) is -0.0197. The van der Waals surface area contributed by atoms with Gasteiger partial charge in [-0.1, -0.05) is 25.8 Å². The van der Waals surface area contributed by atoms with Gasteiger partial charge in [-0.2, -0.15) is 0 Å². The molecule has 4 saturated carbocycles. The molecule has 2 amide bonds. The molecule has 38 heavy (non-hydrogen) atoms. The molecule has 0 aromatic heterocycles. The van der Waals surface area contributed by atoms with Crippen LogP contribution in [0.5, 0.6) is 0 Å². The van der Waals surface area contributed by atoms with Crippen LogP contribution in [0.1, 0.15) is 97.8 Å². The third-order valence-corrected chi connectivity index (χ3v) is 11.7. The van der Waals surface area contributed by atoms with E-state index in [9.17, 15) is 29.4 Å². The molecule has 0 aromatic carbocycles. The molecule has 0 bridgehead atoms. The van der Waals surface area contributed by atoms with Crippen molar-refractivity contribution in [3.8, 4) is 0 Å². The lowest BCUT2D eigenvalue weighted by Crippen LogP contribution is -2.58. The van der Waals surface area contributed by atoms with E-state index in [1.54, 1.807) is 0 Å². The Balaban J connectivity index is 1.18. The first-order valence-corrected chi connectivity index (χ1v) is 14.6. The molecule has 5 fully saturated rings. The largest absolute Gasteiger partial charge is 0.541 e. The average Bonchev–Trinajstić information content (AvgIpc) is 3.38. The zero-order valence-electron chi connectivity index (χ0n) is 22.9. The molecule has 1 saturated heterocycles. The summed E-state index contributed by atoms with van der Waals surface area (Å²) in [7, 11) is 0. The molecule has 0 radical (unpaired) electrons. The van der Waals surface area contributed by atoms with Gasteiger partial charge in [0, 0.05) is 19.3 Å². The molecule has 9 nitrogen and oxygen atoms in total. The average molecular weight is 534 g/mol. The Morgan fingerprint density at radius 1 is 1.00 bits per heavy atom. The molecular formula is C29H43NO8. The van der Waals surface area contributed by atoms with Crippen LogP contribution in [-0.4, -0.2) is 51.4 Å². The van der Waals surface area contributed by atoms with Crippen molar-refractivity contribution in [3.05, 3.63) is 0 Å². The third-order valence-electron chi connectivity index (χ3n) is 11.7. The number of carbonyl (C=O) groups is 4. The topological polar surface area (TPSA) is 130 Å².